The fourth-order valence-corrected chi connectivity index (χ4v) is 2.14. The van der Waals surface area contributed by atoms with Gasteiger partial charge in [-0.05, 0) is 51.2 Å². The van der Waals surface area contributed by atoms with Gasteiger partial charge in [0.05, 0.1) is 0 Å². The third-order valence-corrected chi connectivity index (χ3v) is 4.35. The van der Waals surface area contributed by atoms with Crippen molar-refractivity contribution < 1.29 is 0 Å². The summed E-state index contributed by atoms with van der Waals surface area (Å²) in [7, 11) is 2.26. The molecule has 0 aromatic rings. The SMILES string of the molecule is CC(C)CNCC(C)C(C)N(C)C(C)C(C)(C)C. The van der Waals surface area contributed by atoms with E-state index in [0.717, 1.165) is 19.0 Å². The highest BCUT2D eigenvalue weighted by Crippen LogP contribution is 2.26. The first-order valence-electron chi connectivity index (χ1n) is 7.50. The lowest BCUT2D eigenvalue weighted by atomic mass is 9.85. The molecule has 18 heavy (non-hydrogen) atoms. The predicted octanol–water partition coefficient (Wildman–Crippen LogP) is 3.62. The third kappa shape index (κ3) is 6.19. The van der Waals surface area contributed by atoms with Gasteiger partial charge in [-0.15, -0.1) is 0 Å². The Morgan fingerprint density at radius 2 is 1.44 bits per heavy atom. The smallest absolute Gasteiger partial charge is 0.0115 e. The predicted molar refractivity (Wildman–Crippen MR) is 83.0 cm³/mol. The van der Waals surface area contributed by atoms with E-state index in [-0.39, 0.29) is 0 Å². The van der Waals surface area contributed by atoms with Crippen LogP contribution in [0.4, 0.5) is 0 Å². The second-order valence-electron chi connectivity index (χ2n) is 7.48. The number of nitrogens with one attached hydrogen (secondary N) is 1. The molecule has 1 N–H and O–H groups in total. The minimum absolute atomic E-state index is 0.341. The maximum absolute atomic E-state index is 3.57. The van der Waals surface area contributed by atoms with Crippen LogP contribution in [-0.4, -0.2) is 37.1 Å². The van der Waals surface area contributed by atoms with E-state index in [0.29, 0.717) is 23.4 Å². The van der Waals surface area contributed by atoms with Crippen molar-refractivity contribution in [3.05, 3.63) is 0 Å². The molecular formula is C16H36N2. The van der Waals surface area contributed by atoms with E-state index in [2.05, 4.69) is 72.7 Å². The maximum atomic E-state index is 3.57. The highest BCUT2D eigenvalue weighted by Gasteiger charge is 2.28. The van der Waals surface area contributed by atoms with Crippen LogP contribution >= 0.6 is 0 Å². The molecule has 0 aliphatic rings. The Morgan fingerprint density at radius 1 is 0.944 bits per heavy atom. The Morgan fingerprint density at radius 3 is 1.83 bits per heavy atom. The summed E-state index contributed by atoms with van der Waals surface area (Å²) in [4.78, 5) is 2.53. The van der Waals surface area contributed by atoms with Crippen molar-refractivity contribution in [1.29, 1.82) is 0 Å². The molecular weight excluding hydrogens is 220 g/mol. The monoisotopic (exact) mass is 256 g/mol. The fourth-order valence-electron chi connectivity index (χ4n) is 2.14. The first kappa shape index (κ1) is 17.9. The summed E-state index contributed by atoms with van der Waals surface area (Å²) in [5.41, 5.74) is 0.341. The zero-order valence-electron chi connectivity index (χ0n) is 14.2. The lowest BCUT2D eigenvalue weighted by Gasteiger charge is -2.41. The zero-order chi connectivity index (χ0) is 14.5. The molecule has 2 heteroatoms. The molecule has 0 spiro atoms. The summed E-state index contributed by atoms with van der Waals surface area (Å²) in [6.07, 6.45) is 0. The Bertz CT molecular complexity index is 218. The summed E-state index contributed by atoms with van der Waals surface area (Å²) in [5, 5.41) is 3.57. The molecule has 0 saturated heterocycles. The van der Waals surface area contributed by atoms with Crippen LogP contribution in [-0.2, 0) is 0 Å². The summed E-state index contributed by atoms with van der Waals surface area (Å²) in [6, 6.07) is 1.21. The fraction of sp³-hybridized carbons (Fsp3) is 1.00. The molecule has 0 fully saturated rings. The van der Waals surface area contributed by atoms with Crippen molar-refractivity contribution in [1.82, 2.24) is 10.2 Å². The van der Waals surface area contributed by atoms with E-state index in [1.165, 1.54) is 0 Å². The summed E-state index contributed by atoms with van der Waals surface area (Å²) < 4.78 is 0. The quantitative estimate of drug-likeness (QED) is 0.748. The first-order valence-corrected chi connectivity index (χ1v) is 7.50. The second kappa shape index (κ2) is 7.49. The molecule has 0 radical (unpaired) electrons. The van der Waals surface area contributed by atoms with Crippen molar-refractivity contribution in [3.8, 4) is 0 Å². The number of hydrogen-bond acceptors (Lipinski definition) is 2. The Hall–Kier alpha value is -0.0800. The Balaban J connectivity index is 4.23. The molecule has 0 aliphatic heterocycles. The van der Waals surface area contributed by atoms with Crippen LogP contribution in [0.2, 0.25) is 0 Å². The van der Waals surface area contributed by atoms with Crippen LogP contribution in [0.1, 0.15) is 55.4 Å². The second-order valence-corrected chi connectivity index (χ2v) is 7.48. The molecule has 0 amide bonds. The largest absolute Gasteiger partial charge is 0.316 e. The molecule has 0 saturated carbocycles. The molecule has 0 heterocycles. The highest BCUT2D eigenvalue weighted by atomic mass is 15.2. The van der Waals surface area contributed by atoms with Crippen LogP contribution in [0.15, 0.2) is 0 Å². The summed E-state index contributed by atoms with van der Waals surface area (Å²) in [6.45, 7) is 20.8. The number of hydrogen-bond donors (Lipinski definition) is 1. The standard InChI is InChI=1S/C16H36N2/c1-12(2)10-17-11-13(3)14(4)18(9)15(5)16(6,7)8/h12-15,17H,10-11H2,1-9H3. The summed E-state index contributed by atoms with van der Waals surface area (Å²) >= 11 is 0. The molecule has 0 aliphatic carbocycles. The molecule has 110 valence electrons. The van der Waals surface area contributed by atoms with Crippen molar-refractivity contribution in [2.45, 2.75) is 67.5 Å². The maximum Gasteiger partial charge on any atom is 0.0115 e. The lowest BCUT2D eigenvalue weighted by Crippen LogP contribution is -2.48. The third-order valence-electron chi connectivity index (χ3n) is 4.35. The molecule has 3 unspecified atom stereocenters. The molecule has 2 nitrogen and oxygen atoms in total. The molecule has 0 rings (SSSR count). The molecule has 0 bridgehead atoms. The Kier molecular flexibility index (Phi) is 7.46. The minimum Gasteiger partial charge on any atom is -0.316 e. The van der Waals surface area contributed by atoms with Gasteiger partial charge in [0.15, 0.2) is 0 Å². The normalized spacial score (nSPS) is 18.2. The van der Waals surface area contributed by atoms with E-state index in [1.54, 1.807) is 0 Å². The van der Waals surface area contributed by atoms with E-state index in [9.17, 15) is 0 Å². The van der Waals surface area contributed by atoms with Crippen LogP contribution < -0.4 is 5.32 Å². The average Bonchev–Trinajstić information content (AvgIpc) is 2.24. The van der Waals surface area contributed by atoms with E-state index >= 15 is 0 Å². The van der Waals surface area contributed by atoms with Crippen molar-refractivity contribution >= 4 is 0 Å². The van der Waals surface area contributed by atoms with Gasteiger partial charge in [0.1, 0.15) is 0 Å². The first-order chi connectivity index (χ1) is 8.07. The van der Waals surface area contributed by atoms with Gasteiger partial charge in [-0.25, -0.2) is 0 Å². The van der Waals surface area contributed by atoms with Crippen LogP contribution in [0.5, 0.6) is 0 Å². The van der Waals surface area contributed by atoms with Crippen LogP contribution in [0.25, 0.3) is 0 Å². The van der Waals surface area contributed by atoms with Crippen LogP contribution in [0, 0.1) is 17.3 Å². The molecule has 0 aromatic heterocycles. The van der Waals surface area contributed by atoms with Gasteiger partial charge in [-0.1, -0.05) is 41.5 Å². The highest BCUT2D eigenvalue weighted by molar-refractivity contribution is 4.83. The van der Waals surface area contributed by atoms with E-state index in [4.69, 9.17) is 0 Å². The number of nitrogens with zero attached hydrogens (tertiary/aromatic N) is 1. The Labute approximate surface area is 116 Å². The van der Waals surface area contributed by atoms with Gasteiger partial charge in [0.25, 0.3) is 0 Å². The average molecular weight is 256 g/mol. The molecule has 0 aromatic carbocycles. The minimum atomic E-state index is 0.341. The van der Waals surface area contributed by atoms with Gasteiger partial charge in [0.2, 0.25) is 0 Å². The van der Waals surface area contributed by atoms with Gasteiger partial charge >= 0.3 is 0 Å². The van der Waals surface area contributed by atoms with Crippen molar-refractivity contribution in [2.75, 3.05) is 20.1 Å². The van der Waals surface area contributed by atoms with Gasteiger partial charge in [0, 0.05) is 12.1 Å². The van der Waals surface area contributed by atoms with E-state index in [1.807, 2.05) is 0 Å². The number of rotatable bonds is 7. The van der Waals surface area contributed by atoms with Crippen molar-refractivity contribution in [2.24, 2.45) is 17.3 Å². The van der Waals surface area contributed by atoms with Gasteiger partial charge in [-0.2, -0.15) is 0 Å². The van der Waals surface area contributed by atoms with Gasteiger partial charge < -0.3 is 10.2 Å². The van der Waals surface area contributed by atoms with Crippen LogP contribution in [0.3, 0.4) is 0 Å². The van der Waals surface area contributed by atoms with Crippen molar-refractivity contribution in [3.63, 3.8) is 0 Å². The topological polar surface area (TPSA) is 15.3 Å². The lowest BCUT2D eigenvalue weighted by molar-refractivity contribution is 0.0794. The van der Waals surface area contributed by atoms with Gasteiger partial charge in [-0.3, -0.25) is 0 Å². The molecule has 3 atom stereocenters. The zero-order valence-corrected chi connectivity index (χ0v) is 14.2. The summed E-state index contributed by atoms with van der Waals surface area (Å²) in [5.74, 6) is 1.41. The van der Waals surface area contributed by atoms with E-state index < -0.39 is 0 Å².